The second-order valence-corrected chi connectivity index (χ2v) is 4.38. The van der Waals surface area contributed by atoms with E-state index in [2.05, 4.69) is 26.4 Å². The van der Waals surface area contributed by atoms with Crippen LogP contribution in [0.2, 0.25) is 0 Å². The standard InChI is InChI=1S/C12H13BrN2O2/c1-14-7-9-3-2-4-11(13)12(9)16-8-10-5-6-15-17-10/h2-6,14H,7-8H2,1H3. The molecule has 0 fully saturated rings. The van der Waals surface area contributed by atoms with Crippen molar-refractivity contribution >= 4 is 15.9 Å². The predicted molar refractivity (Wildman–Crippen MR) is 67.7 cm³/mol. The summed E-state index contributed by atoms with van der Waals surface area (Å²) in [6, 6.07) is 7.75. The Bertz CT molecular complexity index is 471. The lowest BCUT2D eigenvalue weighted by Gasteiger charge is -2.11. The molecule has 0 saturated heterocycles. The van der Waals surface area contributed by atoms with Gasteiger partial charge in [-0.2, -0.15) is 0 Å². The van der Waals surface area contributed by atoms with Crippen LogP contribution in [0, 0.1) is 0 Å². The van der Waals surface area contributed by atoms with Crippen molar-refractivity contribution in [1.82, 2.24) is 10.5 Å². The summed E-state index contributed by atoms with van der Waals surface area (Å²) in [5.41, 5.74) is 1.10. The molecule has 17 heavy (non-hydrogen) atoms. The number of nitrogens with one attached hydrogen (secondary N) is 1. The van der Waals surface area contributed by atoms with Crippen molar-refractivity contribution in [2.75, 3.05) is 7.05 Å². The van der Waals surface area contributed by atoms with Crippen LogP contribution in [-0.2, 0) is 13.2 Å². The lowest BCUT2D eigenvalue weighted by molar-refractivity contribution is 0.246. The molecule has 0 unspecified atom stereocenters. The molecule has 1 heterocycles. The molecule has 0 saturated carbocycles. The summed E-state index contributed by atoms with van der Waals surface area (Å²) in [7, 11) is 1.90. The molecule has 4 nitrogen and oxygen atoms in total. The molecule has 0 spiro atoms. The maximum absolute atomic E-state index is 5.74. The first-order valence-electron chi connectivity index (χ1n) is 5.25. The van der Waals surface area contributed by atoms with Gasteiger partial charge in [-0.1, -0.05) is 17.3 Å². The number of hydrogen-bond donors (Lipinski definition) is 1. The highest BCUT2D eigenvalue weighted by atomic mass is 79.9. The summed E-state index contributed by atoms with van der Waals surface area (Å²) in [6.45, 7) is 1.13. The van der Waals surface area contributed by atoms with E-state index in [0.717, 1.165) is 22.3 Å². The molecule has 2 aromatic rings. The molecule has 90 valence electrons. The van der Waals surface area contributed by atoms with Gasteiger partial charge in [0.25, 0.3) is 0 Å². The van der Waals surface area contributed by atoms with Crippen molar-refractivity contribution in [1.29, 1.82) is 0 Å². The van der Waals surface area contributed by atoms with Crippen LogP contribution in [0.4, 0.5) is 0 Å². The molecule has 0 atom stereocenters. The van der Waals surface area contributed by atoms with E-state index < -0.39 is 0 Å². The number of rotatable bonds is 5. The molecule has 0 bridgehead atoms. The van der Waals surface area contributed by atoms with Gasteiger partial charge in [0.2, 0.25) is 0 Å². The second kappa shape index (κ2) is 5.84. The van der Waals surface area contributed by atoms with Crippen molar-refractivity contribution in [3.63, 3.8) is 0 Å². The van der Waals surface area contributed by atoms with Gasteiger partial charge in [-0.3, -0.25) is 0 Å². The highest BCUT2D eigenvalue weighted by Gasteiger charge is 2.08. The molecular weight excluding hydrogens is 284 g/mol. The lowest BCUT2D eigenvalue weighted by atomic mass is 10.2. The van der Waals surface area contributed by atoms with Crippen molar-refractivity contribution in [2.45, 2.75) is 13.2 Å². The molecule has 0 aliphatic heterocycles. The van der Waals surface area contributed by atoms with Gasteiger partial charge in [-0.15, -0.1) is 0 Å². The van der Waals surface area contributed by atoms with Crippen LogP contribution in [0.1, 0.15) is 11.3 Å². The van der Waals surface area contributed by atoms with Crippen LogP contribution in [-0.4, -0.2) is 12.2 Å². The average molecular weight is 297 g/mol. The first kappa shape index (κ1) is 12.1. The molecule has 1 N–H and O–H groups in total. The summed E-state index contributed by atoms with van der Waals surface area (Å²) >= 11 is 3.48. The minimum Gasteiger partial charge on any atom is -0.484 e. The number of para-hydroxylation sites is 1. The van der Waals surface area contributed by atoms with Crippen molar-refractivity contribution < 1.29 is 9.26 Å². The fourth-order valence-electron chi connectivity index (χ4n) is 1.50. The zero-order valence-corrected chi connectivity index (χ0v) is 11.0. The van der Waals surface area contributed by atoms with Gasteiger partial charge in [0.15, 0.2) is 5.76 Å². The quantitative estimate of drug-likeness (QED) is 0.922. The topological polar surface area (TPSA) is 47.3 Å². The predicted octanol–water partition coefficient (Wildman–Crippen LogP) is 2.74. The summed E-state index contributed by atoms with van der Waals surface area (Å²) in [5.74, 6) is 1.54. The molecule has 0 aliphatic carbocycles. The van der Waals surface area contributed by atoms with E-state index in [4.69, 9.17) is 9.26 Å². The van der Waals surface area contributed by atoms with Crippen LogP contribution in [0.5, 0.6) is 5.75 Å². The number of aromatic nitrogens is 1. The van der Waals surface area contributed by atoms with Gasteiger partial charge in [-0.25, -0.2) is 0 Å². The molecule has 5 heteroatoms. The van der Waals surface area contributed by atoms with E-state index in [1.807, 2.05) is 25.2 Å². The Labute approximate surface area is 108 Å². The van der Waals surface area contributed by atoms with Crippen LogP contribution < -0.4 is 10.1 Å². The second-order valence-electron chi connectivity index (χ2n) is 3.53. The van der Waals surface area contributed by atoms with Crippen LogP contribution in [0.15, 0.2) is 39.5 Å². The molecule has 1 aromatic carbocycles. The maximum Gasteiger partial charge on any atom is 0.174 e. The van der Waals surface area contributed by atoms with Crippen molar-refractivity contribution in [2.24, 2.45) is 0 Å². The van der Waals surface area contributed by atoms with Crippen LogP contribution in [0.3, 0.4) is 0 Å². The van der Waals surface area contributed by atoms with Crippen LogP contribution in [0.25, 0.3) is 0 Å². The average Bonchev–Trinajstić information content (AvgIpc) is 2.82. The van der Waals surface area contributed by atoms with Crippen molar-refractivity contribution in [3.8, 4) is 5.75 Å². The maximum atomic E-state index is 5.74. The van der Waals surface area contributed by atoms with Gasteiger partial charge < -0.3 is 14.6 Å². The third-order valence-corrected chi connectivity index (χ3v) is 2.89. The molecule has 2 rings (SSSR count). The zero-order chi connectivity index (χ0) is 12.1. The van der Waals surface area contributed by atoms with E-state index in [1.54, 1.807) is 12.3 Å². The highest BCUT2D eigenvalue weighted by molar-refractivity contribution is 9.10. The highest BCUT2D eigenvalue weighted by Crippen LogP contribution is 2.29. The molecule has 0 amide bonds. The Kier molecular flexibility index (Phi) is 4.17. The number of halogens is 1. The zero-order valence-electron chi connectivity index (χ0n) is 9.44. The minimum absolute atomic E-state index is 0.374. The third kappa shape index (κ3) is 3.08. The first-order chi connectivity index (χ1) is 8.31. The molecule has 0 radical (unpaired) electrons. The fraction of sp³-hybridized carbons (Fsp3) is 0.250. The van der Waals surface area contributed by atoms with E-state index in [9.17, 15) is 0 Å². The Balaban J connectivity index is 2.13. The number of nitrogens with zero attached hydrogens (tertiary/aromatic N) is 1. The van der Waals surface area contributed by atoms with E-state index in [-0.39, 0.29) is 0 Å². The normalized spacial score (nSPS) is 10.5. The largest absolute Gasteiger partial charge is 0.484 e. The SMILES string of the molecule is CNCc1cccc(Br)c1OCc1ccno1. The summed E-state index contributed by atoms with van der Waals surface area (Å²) in [4.78, 5) is 0. The molecule has 0 aliphatic rings. The van der Waals surface area contributed by atoms with Crippen molar-refractivity contribution in [3.05, 3.63) is 46.3 Å². The third-order valence-electron chi connectivity index (χ3n) is 2.27. The first-order valence-corrected chi connectivity index (χ1v) is 6.05. The lowest BCUT2D eigenvalue weighted by Crippen LogP contribution is -2.07. The van der Waals surface area contributed by atoms with Gasteiger partial charge in [0, 0.05) is 18.2 Å². The number of hydrogen-bond acceptors (Lipinski definition) is 4. The Morgan fingerprint density at radius 3 is 3.00 bits per heavy atom. The van der Waals surface area contributed by atoms with Gasteiger partial charge in [0.05, 0.1) is 10.7 Å². The Hall–Kier alpha value is -1.33. The monoisotopic (exact) mass is 296 g/mol. The number of ether oxygens (including phenoxy) is 1. The number of benzene rings is 1. The fourth-order valence-corrected chi connectivity index (χ4v) is 2.03. The van der Waals surface area contributed by atoms with Gasteiger partial charge >= 0.3 is 0 Å². The van der Waals surface area contributed by atoms with E-state index in [0.29, 0.717) is 12.4 Å². The molecular formula is C12H13BrN2O2. The summed E-state index contributed by atoms with van der Waals surface area (Å²) in [6.07, 6.45) is 1.60. The van der Waals surface area contributed by atoms with E-state index >= 15 is 0 Å². The van der Waals surface area contributed by atoms with Gasteiger partial charge in [0.1, 0.15) is 12.4 Å². The minimum atomic E-state index is 0.374. The Morgan fingerprint density at radius 2 is 2.29 bits per heavy atom. The van der Waals surface area contributed by atoms with E-state index in [1.165, 1.54) is 0 Å². The van der Waals surface area contributed by atoms with Gasteiger partial charge in [-0.05, 0) is 29.0 Å². The summed E-state index contributed by atoms with van der Waals surface area (Å²) in [5, 5.41) is 6.74. The molecule has 1 aromatic heterocycles. The van der Waals surface area contributed by atoms with Crippen LogP contribution >= 0.6 is 15.9 Å². The Morgan fingerprint density at radius 1 is 1.41 bits per heavy atom. The summed E-state index contributed by atoms with van der Waals surface area (Å²) < 4.78 is 11.7. The smallest absolute Gasteiger partial charge is 0.174 e.